The molecule has 0 bridgehead atoms. The third-order valence-electron chi connectivity index (χ3n) is 3.51. The van der Waals surface area contributed by atoms with E-state index in [1.165, 1.54) is 6.07 Å². The normalized spacial score (nSPS) is 16.4. The number of phenolic OH excluding ortho intramolecular Hbond substituents is 2. The van der Waals surface area contributed by atoms with Crippen LogP contribution in [0.25, 0.3) is 0 Å². The van der Waals surface area contributed by atoms with Crippen molar-refractivity contribution in [3.8, 4) is 11.5 Å². The molecule has 120 valence electrons. The molecule has 1 aromatic rings. The summed E-state index contributed by atoms with van der Waals surface area (Å²) >= 11 is 0. The number of phenols is 2. The molecule has 1 heterocycles. The van der Waals surface area contributed by atoms with Crippen LogP contribution in [-0.4, -0.2) is 41.3 Å². The summed E-state index contributed by atoms with van der Waals surface area (Å²) in [6.45, 7) is 9.84. The van der Waals surface area contributed by atoms with Crippen LogP contribution < -0.4 is 5.32 Å². The third kappa shape index (κ3) is 5.40. The highest BCUT2D eigenvalue weighted by Crippen LogP contribution is 2.35. The standard InChI is InChI=1S/C15H22N2O2.2ClH/c1-11(2)9-14(17-7-5-16-6-8-17)13-4-3-12(18)10-15(13)19;;/h3-4,10,14,16,18-19H,1,5-9H2,2H3;2*1H/t14-;;/m0../s1. The van der Waals surface area contributed by atoms with Crippen LogP contribution in [0.1, 0.15) is 24.9 Å². The molecule has 0 aliphatic carbocycles. The van der Waals surface area contributed by atoms with Crippen molar-refractivity contribution in [1.29, 1.82) is 0 Å². The Morgan fingerprint density at radius 2 is 1.90 bits per heavy atom. The average molecular weight is 335 g/mol. The molecule has 0 aromatic heterocycles. The highest BCUT2D eigenvalue weighted by atomic mass is 35.5. The van der Waals surface area contributed by atoms with Crippen LogP contribution in [0.4, 0.5) is 0 Å². The number of rotatable bonds is 4. The summed E-state index contributed by atoms with van der Waals surface area (Å²) in [5, 5.41) is 22.8. The van der Waals surface area contributed by atoms with Gasteiger partial charge in [0, 0.05) is 43.9 Å². The summed E-state index contributed by atoms with van der Waals surface area (Å²) in [4.78, 5) is 2.36. The topological polar surface area (TPSA) is 55.7 Å². The minimum Gasteiger partial charge on any atom is -0.508 e. The molecule has 3 N–H and O–H groups in total. The van der Waals surface area contributed by atoms with Gasteiger partial charge in [0.25, 0.3) is 0 Å². The van der Waals surface area contributed by atoms with Gasteiger partial charge in [0.05, 0.1) is 0 Å². The van der Waals surface area contributed by atoms with E-state index in [9.17, 15) is 10.2 Å². The van der Waals surface area contributed by atoms with Crippen molar-refractivity contribution in [2.24, 2.45) is 0 Å². The first kappa shape index (κ1) is 20.1. The molecule has 1 atom stereocenters. The molecular weight excluding hydrogens is 311 g/mol. The Morgan fingerprint density at radius 1 is 1.29 bits per heavy atom. The highest BCUT2D eigenvalue weighted by Gasteiger charge is 2.24. The van der Waals surface area contributed by atoms with Gasteiger partial charge in [-0.2, -0.15) is 0 Å². The number of benzene rings is 1. The highest BCUT2D eigenvalue weighted by molar-refractivity contribution is 5.85. The van der Waals surface area contributed by atoms with Gasteiger partial charge in [-0.15, -0.1) is 31.4 Å². The monoisotopic (exact) mass is 334 g/mol. The Balaban J connectivity index is 0.00000200. The maximum absolute atomic E-state index is 10.1. The van der Waals surface area contributed by atoms with Crippen molar-refractivity contribution in [3.63, 3.8) is 0 Å². The lowest BCUT2D eigenvalue weighted by atomic mass is 9.97. The minimum atomic E-state index is 0. The molecule has 4 nitrogen and oxygen atoms in total. The molecule has 0 unspecified atom stereocenters. The third-order valence-corrected chi connectivity index (χ3v) is 3.51. The van der Waals surface area contributed by atoms with E-state index in [1.54, 1.807) is 12.1 Å². The van der Waals surface area contributed by atoms with Crippen LogP contribution in [0.2, 0.25) is 0 Å². The molecule has 0 radical (unpaired) electrons. The molecule has 6 heteroatoms. The lowest BCUT2D eigenvalue weighted by Crippen LogP contribution is -2.45. The maximum atomic E-state index is 10.1. The number of aromatic hydroxyl groups is 2. The second-order valence-corrected chi connectivity index (χ2v) is 5.21. The summed E-state index contributed by atoms with van der Waals surface area (Å²) < 4.78 is 0. The number of nitrogens with zero attached hydrogens (tertiary/aromatic N) is 1. The molecule has 21 heavy (non-hydrogen) atoms. The van der Waals surface area contributed by atoms with Crippen molar-refractivity contribution in [1.82, 2.24) is 10.2 Å². The van der Waals surface area contributed by atoms with Gasteiger partial charge in [0.15, 0.2) is 0 Å². The van der Waals surface area contributed by atoms with Gasteiger partial charge >= 0.3 is 0 Å². The van der Waals surface area contributed by atoms with Gasteiger partial charge in [0.2, 0.25) is 0 Å². The number of nitrogens with one attached hydrogen (secondary N) is 1. The quantitative estimate of drug-likeness (QED) is 0.741. The van der Waals surface area contributed by atoms with Gasteiger partial charge < -0.3 is 15.5 Å². The summed E-state index contributed by atoms with van der Waals surface area (Å²) in [6.07, 6.45) is 0.818. The van der Waals surface area contributed by atoms with Crippen molar-refractivity contribution >= 4 is 24.8 Å². The lowest BCUT2D eigenvalue weighted by molar-refractivity contribution is 0.170. The lowest BCUT2D eigenvalue weighted by Gasteiger charge is -2.35. The van der Waals surface area contributed by atoms with E-state index in [1.807, 2.05) is 6.92 Å². The van der Waals surface area contributed by atoms with Crippen LogP contribution >= 0.6 is 24.8 Å². The molecule has 0 saturated carbocycles. The fourth-order valence-corrected chi connectivity index (χ4v) is 2.57. The molecule has 1 saturated heterocycles. The van der Waals surface area contributed by atoms with E-state index in [-0.39, 0.29) is 42.4 Å². The molecule has 1 aromatic carbocycles. The zero-order valence-electron chi connectivity index (χ0n) is 12.2. The Hall–Kier alpha value is -0.940. The van der Waals surface area contributed by atoms with E-state index in [0.29, 0.717) is 0 Å². The first-order valence-corrected chi connectivity index (χ1v) is 6.69. The SMILES string of the molecule is C=C(C)C[C@@H](c1ccc(O)cc1O)N1CCNCC1.Cl.Cl. The van der Waals surface area contributed by atoms with Crippen LogP contribution in [0, 0.1) is 0 Å². The molecule has 1 aliphatic rings. The van der Waals surface area contributed by atoms with Gasteiger partial charge in [-0.05, 0) is 19.4 Å². The van der Waals surface area contributed by atoms with Gasteiger partial charge in [-0.3, -0.25) is 4.90 Å². The van der Waals surface area contributed by atoms with E-state index in [2.05, 4.69) is 16.8 Å². The second kappa shape index (κ2) is 9.15. The number of hydrogen-bond acceptors (Lipinski definition) is 4. The largest absolute Gasteiger partial charge is 0.508 e. The van der Waals surface area contributed by atoms with Gasteiger partial charge in [-0.1, -0.05) is 11.6 Å². The zero-order chi connectivity index (χ0) is 13.8. The Morgan fingerprint density at radius 3 is 2.43 bits per heavy atom. The number of piperazine rings is 1. The maximum Gasteiger partial charge on any atom is 0.124 e. The van der Waals surface area contributed by atoms with Gasteiger partial charge in [-0.25, -0.2) is 0 Å². The van der Waals surface area contributed by atoms with E-state index in [4.69, 9.17) is 0 Å². The zero-order valence-corrected chi connectivity index (χ0v) is 13.8. The van der Waals surface area contributed by atoms with Crippen molar-refractivity contribution < 1.29 is 10.2 Å². The van der Waals surface area contributed by atoms with Crippen LogP contribution in [0.5, 0.6) is 11.5 Å². The summed E-state index contributed by atoms with van der Waals surface area (Å²) in [5.41, 5.74) is 1.96. The van der Waals surface area contributed by atoms with E-state index < -0.39 is 0 Å². The fourth-order valence-electron chi connectivity index (χ4n) is 2.57. The minimum absolute atomic E-state index is 0. The van der Waals surface area contributed by atoms with E-state index >= 15 is 0 Å². The molecule has 1 aliphatic heterocycles. The number of halogens is 2. The molecule has 1 fully saturated rings. The molecule has 0 spiro atoms. The summed E-state index contributed by atoms with van der Waals surface area (Å²) in [6, 6.07) is 4.96. The van der Waals surface area contributed by atoms with Crippen LogP contribution in [0.3, 0.4) is 0 Å². The smallest absolute Gasteiger partial charge is 0.124 e. The van der Waals surface area contributed by atoms with Crippen LogP contribution in [0.15, 0.2) is 30.4 Å². The number of hydrogen-bond donors (Lipinski definition) is 3. The predicted molar refractivity (Wildman–Crippen MR) is 90.9 cm³/mol. The Labute approximate surface area is 138 Å². The van der Waals surface area contributed by atoms with Crippen molar-refractivity contribution in [3.05, 3.63) is 35.9 Å². The molecule has 0 amide bonds. The molecule has 2 rings (SSSR count). The Bertz CT molecular complexity index is 463. The average Bonchev–Trinajstić information content (AvgIpc) is 2.37. The second-order valence-electron chi connectivity index (χ2n) is 5.21. The van der Waals surface area contributed by atoms with Crippen LogP contribution in [-0.2, 0) is 0 Å². The molecular formula is C15H24Cl2N2O2. The van der Waals surface area contributed by atoms with Crippen molar-refractivity contribution in [2.45, 2.75) is 19.4 Å². The Kier molecular flexibility index (Phi) is 8.74. The summed E-state index contributed by atoms with van der Waals surface area (Å²) in [5.74, 6) is 0.250. The first-order valence-electron chi connectivity index (χ1n) is 6.69. The van der Waals surface area contributed by atoms with Crippen molar-refractivity contribution in [2.75, 3.05) is 26.2 Å². The first-order chi connectivity index (χ1) is 9.08. The predicted octanol–water partition coefficient (Wildman–Crippen LogP) is 2.85. The van der Waals surface area contributed by atoms with Gasteiger partial charge in [0.1, 0.15) is 11.5 Å². The summed E-state index contributed by atoms with van der Waals surface area (Å²) in [7, 11) is 0. The fraction of sp³-hybridized carbons (Fsp3) is 0.467. The van der Waals surface area contributed by atoms with E-state index in [0.717, 1.165) is 43.7 Å².